The van der Waals surface area contributed by atoms with Crippen LogP contribution in [0.25, 0.3) is 120 Å². The number of hydrogen-bond acceptors (Lipinski definition) is 10. The van der Waals surface area contributed by atoms with Crippen molar-refractivity contribution in [3.63, 3.8) is 0 Å². The summed E-state index contributed by atoms with van der Waals surface area (Å²) in [5.74, 6) is 4.60. The molecule has 0 bridgehead atoms. The van der Waals surface area contributed by atoms with Gasteiger partial charge in [-0.3, -0.25) is 0 Å². The maximum Gasteiger partial charge on any atom is 0.494 e. The maximum absolute atomic E-state index is 7.17. The summed E-state index contributed by atoms with van der Waals surface area (Å²) >= 11 is 3.79. The zero-order valence-electron chi connectivity index (χ0n) is 70.3. The van der Waals surface area contributed by atoms with Gasteiger partial charge in [0.05, 0.1) is 59.4 Å². The molecule has 4 aliphatic rings. The Morgan fingerprint density at radius 3 is 0.740 bits per heavy atom. The fraction of sp³-hybridized carbons (Fsp3) is 0.127. The molecule has 18 aromatic rings. The van der Waals surface area contributed by atoms with Crippen LogP contribution in [0.5, 0.6) is 34.5 Å². The lowest BCUT2D eigenvalue weighted by molar-refractivity contribution is 0.00578. The lowest BCUT2D eigenvalue weighted by Crippen LogP contribution is -2.41. The molecule has 0 unspecified atom stereocenters. The van der Waals surface area contributed by atoms with Crippen molar-refractivity contribution in [3.05, 3.63) is 362 Å². The van der Waals surface area contributed by atoms with Crippen LogP contribution in [0.3, 0.4) is 0 Å². The quantitative estimate of drug-likeness (QED) is 0.0923. The van der Waals surface area contributed by atoms with E-state index in [-0.39, 0.29) is 0 Å². The third-order valence-corrected chi connectivity index (χ3v) is 26.4. The van der Waals surface area contributed by atoms with E-state index in [1.807, 2.05) is 60.7 Å². The molecule has 123 heavy (non-hydrogen) atoms. The monoisotopic (exact) mass is 1670 g/mol. The van der Waals surface area contributed by atoms with E-state index in [1.54, 1.807) is 14.2 Å². The molecule has 0 saturated carbocycles. The number of nitrogens with zero attached hydrogens (tertiary/aromatic N) is 2. The van der Waals surface area contributed by atoms with Crippen LogP contribution in [-0.2, 0) is 18.6 Å². The van der Waals surface area contributed by atoms with Gasteiger partial charge in [-0.15, -0.1) is 0 Å². The van der Waals surface area contributed by atoms with Gasteiger partial charge in [0.2, 0.25) is 0 Å². The van der Waals surface area contributed by atoms with Crippen molar-refractivity contribution in [2.24, 2.45) is 0 Å². The molecule has 18 aromatic carbocycles. The van der Waals surface area contributed by atoms with E-state index in [1.165, 1.54) is 114 Å². The van der Waals surface area contributed by atoms with Gasteiger partial charge in [0.25, 0.3) is 0 Å². The molecule has 4 heterocycles. The Balaban J connectivity index is 0.000000133. The predicted molar refractivity (Wildman–Crippen MR) is 513 cm³/mol. The minimum atomic E-state index is -0.495. The van der Waals surface area contributed by atoms with Crippen LogP contribution in [0.15, 0.2) is 362 Å². The van der Waals surface area contributed by atoms with Crippen LogP contribution in [-0.4, -0.2) is 50.9 Å². The van der Waals surface area contributed by atoms with Crippen molar-refractivity contribution < 1.29 is 37.6 Å². The Morgan fingerprint density at radius 2 is 0.472 bits per heavy atom. The van der Waals surface area contributed by atoms with Crippen LogP contribution in [0.1, 0.15) is 55.4 Å². The second-order valence-electron chi connectivity index (χ2n) is 33.8. The van der Waals surface area contributed by atoms with Crippen LogP contribution in [0, 0.1) is 0 Å². The van der Waals surface area contributed by atoms with Crippen molar-refractivity contribution in [3.8, 4) is 90.1 Å². The summed E-state index contributed by atoms with van der Waals surface area (Å²) in [6.07, 6.45) is 0. The van der Waals surface area contributed by atoms with Crippen LogP contribution in [0.2, 0.25) is 0 Å². The van der Waals surface area contributed by atoms with Gasteiger partial charge in [-0.2, -0.15) is 0 Å². The van der Waals surface area contributed by atoms with Crippen LogP contribution < -0.4 is 39.7 Å². The molecule has 0 aliphatic carbocycles. The zero-order chi connectivity index (χ0) is 84.0. The summed E-state index contributed by atoms with van der Waals surface area (Å²) in [5.41, 5.74) is 17.9. The molecule has 0 atom stereocenters. The summed E-state index contributed by atoms with van der Waals surface area (Å²) < 4.78 is 51.3. The van der Waals surface area contributed by atoms with Crippen LogP contribution in [0.4, 0.5) is 34.1 Å². The van der Waals surface area contributed by atoms with Crippen molar-refractivity contribution in [1.82, 2.24) is 0 Å². The predicted octanol–water partition coefficient (Wildman–Crippen LogP) is 28.8. The molecule has 13 heteroatoms. The third-order valence-electron chi connectivity index (χ3n) is 25.5. The first kappa shape index (κ1) is 78.3. The Kier molecular flexibility index (Phi) is 20.0. The lowest BCUT2D eigenvalue weighted by Gasteiger charge is -2.33. The minimum absolute atomic E-state index is 0.437. The molecule has 2 saturated heterocycles. The van der Waals surface area contributed by atoms with Crippen molar-refractivity contribution in [1.29, 1.82) is 0 Å². The molecule has 0 N–H and O–H groups in total. The van der Waals surface area contributed by atoms with Crippen molar-refractivity contribution in [2.45, 2.75) is 77.8 Å². The van der Waals surface area contributed by atoms with Gasteiger partial charge in [0.15, 0.2) is 23.0 Å². The Hall–Kier alpha value is -13.2. The topological polar surface area (TPSA) is 80.3 Å². The first-order valence-electron chi connectivity index (χ1n) is 41.9. The Bertz CT molecular complexity index is 6650. The molecule has 0 spiro atoms. The van der Waals surface area contributed by atoms with Gasteiger partial charge in [-0.1, -0.05) is 261 Å². The molecule has 0 amide bonds. The molecule has 600 valence electrons. The number of halogens is 1. The number of ether oxygens (including phenoxy) is 4. The van der Waals surface area contributed by atoms with Gasteiger partial charge >= 0.3 is 14.2 Å². The van der Waals surface area contributed by atoms with E-state index in [2.05, 4.69) is 378 Å². The number of anilines is 6. The SMILES string of the molecule is Brc1c2ccccc2c(-c2ccccc2)c2ccccc12.COc1ccc(N2c3ccc(-c4c5ccccc5c(-c5ccccc5)c5ccccc45)cc3Oc3cc(-c4c5ccccc5c(-c5ccccc5)c5ccccc45)ccc32)cc1.COc1ccc(N2c3ccc(B4OC(C)(C)C(C)(C)O4)cc3Oc3cc(B4OC(C)(C)C(C)(C)O4)ccc32)cc1. The van der Waals surface area contributed by atoms with Gasteiger partial charge in [-0.25, -0.2) is 0 Å². The average molecular weight is 1670 g/mol. The molecule has 0 radical (unpaired) electrons. The third kappa shape index (κ3) is 13.9. The summed E-state index contributed by atoms with van der Waals surface area (Å²) in [5, 5.41) is 14.8. The normalized spacial score (nSPS) is 15.0. The smallest absolute Gasteiger partial charge is 0.494 e. The lowest BCUT2D eigenvalue weighted by atomic mass is 9.78. The second kappa shape index (κ2) is 31.3. The largest absolute Gasteiger partial charge is 0.497 e. The Labute approximate surface area is 726 Å². The average Bonchev–Trinajstić information content (AvgIpc) is 1.61. The summed E-state index contributed by atoms with van der Waals surface area (Å²) in [4.78, 5) is 4.50. The highest BCUT2D eigenvalue weighted by molar-refractivity contribution is 9.10. The second-order valence-corrected chi connectivity index (χ2v) is 34.6. The first-order valence-corrected chi connectivity index (χ1v) is 42.7. The molecule has 4 aliphatic heterocycles. The number of fused-ring (bicyclic) bond motifs is 10. The molecular weight excluding hydrogens is 1580 g/mol. The van der Waals surface area contributed by atoms with E-state index in [0.717, 1.165) is 79.2 Å². The van der Waals surface area contributed by atoms with Gasteiger partial charge < -0.3 is 47.4 Å². The molecule has 22 rings (SSSR count). The van der Waals surface area contributed by atoms with E-state index >= 15 is 0 Å². The van der Waals surface area contributed by atoms with E-state index in [9.17, 15) is 0 Å². The highest BCUT2D eigenvalue weighted by atomic mass is 79.9. The highest BCUT2D eigenvalue weighted by Crippen LogP contribution is 2.57. The van der Waals surface area contributed by atoms with E-state index < -0.39 is 36.6 Å². The Morgan fingerprint density at radius 1 is 0.244 bits per heavy atom. The van der Waals surface area contributed by atoms with Gasteiger partial charge in [0.1, 0.15) is 11.5 Å². The zero-order valence-corrected chi connectivity index (χ0v) is 71.8. The van der Waals surface area contributed by atoms with Crippen molar-refractivity contribution in [2.75, 3.05) is 24.0 Å². The van der Waals surface area contributed by atoms with E-state index in [4.69, 9.17) is 37.6 Å². The summed E-state index contributed by atoms with van der Waals surface area (Å²) in [6, 6.07) is 126. The van der Waals surface area contributed by atoms with Gasteiger partial charge in [-0.05, 0) is 300 Å². The summed E-state index contributed by atoms with van der Waals surface area (Å²) in [7, 11) is 2.39. The first-order chi connectivity index (χ1) is 59.8. The number of methoxy groups -OCH3 is 2. The number of benzene rings is 18. The van der Waals surface area contributed by atoms with E-state index in [0.29, 0.717) is 11.5 Å². The van der Waals surface area contributed by atoms with Crippen LogP contribution >= 0.6 is 15.9 Å². The molecule has 2 fully saturated rings. The number of hydrogen-bond donors (Lipinski definition) is 0. The standard InChI is InChI=1S/C59H39NO2.C31H37B2NO6.C20H13Br/c1-61-43-32-30-42(31-33-43)60-52-34-28-40(58-48-24-12-8-20-44(48)56(38-16-4-2-5-17-38)45-21-9-13-25-49(45)58)36-54(52)62-55-37-41(29-35-53(55)60)59-50-26-14-10-22-46(50)57(39-18-6-3-7-19-39)47-23-11-15-27-51(47)59;1-28(2)29(3,4)38-32(37-28)20-10-16-24-26(18-20)36-27-19-21(33-39-30(5,6)31(7,8)40-33)11-17-25(27)34(24)22-12-14-23(35-9)15-13-22;21-20-17-12-6-4-10-15(17)19(14-8-2-1-3-9-14)16-11-5-7-13-18(16)20/h2-37H,1H3;10-19H,1-9H3;1-13H. The van der Waals surface area contributed by atoms with Gasteiger partial charge in [0, 0.05) is 15.8 Å². The molecular formula is C110H89B2BrN2O8. The highest BCUT2D eigenvalue weighted by Gasteiger charge is 2.53. The molecule has 0 aromatic heterocycles. The molecule has 10 nitrogen and oxygen atoms in total. The summed E-state index contributed by atoms with van der Waals surface area (Å²) in [6.45, 7) is 16.5. The number of rotatable bonds is 11. The fourth-order valence-corrected chi connectivity index (χ4v) is 18.6. The van der Waals surface area contributed by atoms with Crippen molar-refractivity contribution >= 4 is 140 Å². The minimum Gasteiger partial charge on any atom is -0.497 e. The maximum atomic E-state index is 7.17. The fourth-order valence-electron chi connectivity index (χ4n) is 17.9.